The van der Waals surface area contributed by atoms with Crippen LogP contribution in [0.2, 0.25) is 0 Å². The molecule has 0 bridgehead atoms. The number of hydrogen-bond donors (Lipinski definition) is 1. The number of fused-ring (bicyclic) bond motifs is 1. The van der Waals surface area contributed by atoms with Gasteiger partial charge in [0.1, 0.15) is 12.4 Å². The van der Waals surface area contributed by atoms with Gasteiger partial charge in [0, 0.05) is 12.2 Å². The maximum absolute atomic E-state index is 6.27. The van der Waals surface area contributed by atoms with E-state index in [2.05, 4.69) is 10.2 Å². The Balaban J connectivity index is 1.64. The van der Waals surface area contributed by atoms with Crippen molar-refractivity contribution in [3.05, 3.63) is 71.8 Å². The zero-order valence-electron chi connectivity index (χ0n) is 20.4. The number of methoxy groups -OCH3 is 4. The second-order valence-electron chi connectivity index (χ2n) is 7.99. The summed E-state index contributed by atoms with van der Waals surface area (Å²) in [7, 11) is 6.57. The van der Waals surface area contributed by atoms with Crippen LogP contribution in [0.4, 0.5) is 5.69 Å². The smallest absolute Gasteiger partial charge is 0.174 e. The normalized spacial score (nSPS) is 14.5. The first kappa shape index (κ1) is 24.5. The van der Waals surface area contributed by atoms with E-state index in [-0.39, 0.29) is 6.04 Å². The monoisotopic (exact) mass is 494 g/mol. The van der Waals surface area contributed by atoms with Gasteiger partial charge in [-0.15, -0.1) is 0 Å². The molecule has 1 aliphatic heterocycles. The van der Waals surface area contributed by atoms with Crippen LogP contribution in [0.3, 0.4) is 0 Å². The molecule has 1 atom stereocenters. The molecule has 1 heterocycles. The molecule has 0 saturated carbocycles. The summed E-state index contributed by atoms with van der Waals surface area (Å²) in [5.74, 6) is 3.53. The van der Waals surface area contributed by atoms with Crippen LogP contribution in [0, 0.1) is 0 Å². The van der Waals surface area contributed by atoms with Crippen molar-refractivity contribution < 1.29 is 23.7 Å². The zero-order valence-corrected chi connectivity index (χ0v) is 21.2. The Morgan fingerprint density at radius 3 is 2.17 bits per heavy atom. The van der Waals surface area contributed by atoms with Crippen LogP contribution in [0.1, 0.15) is 17.2 Å². The molecule has 1 unspecified atom stereocenters. The number of nitrogens with zero attached hydrogens (tertiary/aromatic N) is 1. The summed E-state index contributed by atoms with van der Waals surface area (Å²) < 4.78 is 28.1. The second kappa shape index (κ2) is 11.2. The summed E-state index contributed by atoms with van der Waals surface area (Å²) in [6.45, 7) is 1.09. The van der Waals surface area contributed by atoms with Gasteiger partial charge in [-0.05, 0) is 78.3 Å². The van der Waals surface area contributed by atoms with Gasteiger partial charge in [-0.1, -0.05) is 12.1 Å². The van der Waals surface area contributed by atoms with Gasteiger partial charge in [0.05, 0.1) is 34.5 Å². The quantitative estimate of drug-likeness (QED) is 0.434. The minimum atomic E-state index is -0.151. The van der Waals surface area contributed by atoms with Gasteiger partial charge in [-0.3, -0.25) is 0 Å². The molecule has 8 heteroatoms. The van der Waals surface area contributed by atoms with E-state index in [4.69, 9.17) is 35.9 Å². The number of thiocarbonyl (C=S) groups is 1. The highest BCUT2D eigenvalue weighted by molar-refractivity contribution is 7.80. The lowest BCUT2D eigenvalue weighted by atomic mass is 9.92. The number of anilines is 1. The van der Waals surface area contributed by atoms with E-state index in [1.54, 1.807) is 28.4 Å². The number of nitrogens with one attached hydrogen (secondary N) is 1. The molecule has 0 spiro atoms. The van der Waals surface area contributed by atoms with Gasteiger partial charge in [0.2, 0.25) is 0 Å². The predicted molar refractivity (Wildman–Crippen MR) is 140 cm³/mol. The summed E-state index contributed by atoms with van der Waals surface area (Å²) in [5.41, 5.74) is 3.15. The lowest BCUT2D eigenvalue weighted by molar-refractivity contribution is 0.185. The number of benzene rings is 3. The summed E-state index contributed by atoms with van der Waals surface area (Å²) in [6.07, 6.45) is 0.811. The van der Waals surface area contributed by atoms with Crippen molar-refractivity contribution in [2.45, 2.75) is 12.5 Å². The number of hydrogen-bond acceptors (Lipinski definition) is 6. The summed E-state index contributed by atoms with van der Waals surface area (Å²) >= 11 is 5.86. The lowest BCUT2D eigenvalue weighted by Crippen LogP contribution is -2.44. The SMILES string of the molecule is COc1ccc(NC(=S)N2CCc3cc(OC)c(OC)cc3C2COc2ccccc2OC)cc1. The molecule has 0 radical (unpaired) electrons. The molecule has 0 aliphatic carbocycles. The van der Waals surface area contributed by atoms with Gasteiger partial charge in [0.25, 0.3) is 0 Å². The van der Waals surface area contributed by atoms with Gasteiger partial charge in [-0.2, -0.15) is 0 Å². The molecule has 7 nitrogen and oxygen atoms in total. The summed E-state index contributed by atoms with van der Waals surface area (Å²) in [5, 5.41) is 3.98. The third kappa shape index (κ3) is 5.38. The van der Waals surface area contributed by atoms with Gasteiger partial charge in [0.15, 0.2) is 28.1 Å². The Morgan fingerprint density at radius 1 is 0.857 bits per heavy atom. The first-order chi connectivity index (χ1) is 17.1. The molecule has 184 valence electrons. The van der Waals surface area contributed by atoms with E-state index in [1.807, 2.05) is 60.7 Å². The average molecular weight is 495 g/mol. The van der Waals surface area contributed by atoms with Crippen LogP contribution in [0.5, 0.6) is 28.7 Å². The minimum Gasteiger partial charge on any atom is -0.497 e. The molecule has 3 aromatic carbocycles. The molecular weight excluding hydrogens is 464 g/mol. The van der Waals surface area contributed by atoms with E-state index < -0.39 is 0 Å². The summed E-state index contributed by atoms with van der Waals surface area (Å²) in [4.78, 5) is 2.16. The van der Waals surface area contributed by atoms with E-state index in [0.29, 0.717) is 34.7 Å². The van der Waals surface area contributed by atoms with Crippen LogP contribution in [-0.2, 0) is 6.42 Å². The van der Waals surface area contributed by atoms with Crippen molar-refractivity contribution in [1.82, 2.24) is 4.90 Å². The van der Waals surface area contributed by atoms with Crippen LogP contribution in [-0.4, -0.2) is 51.6 Å². The fourth-order valence-corrected chi connectivity index (χ4v) is 4.56. The minimum absolute atomic E-state index is 0.151. The zero-order chi connectivity index (χ0) is 24.8. The second-order valence-corrected chi connectivity index (χ2v) is 8.37. The average Bonchev–Trinajstić information content (AvgIpc) is 2.91. The van der Waals surface area contributed by atoms with E-state index in [1.165, 1.54) is 5.56 Å². The lowest BCUT2D eigenvalue weighted by Gasteiger charge is -2.39. The molecule has 1 N–H and O–H groups in total. The van der Waals surface area contributed by atoms with Crippen molar-refractivity contribution in [3.8, 4) is 28.7 Å². The fourth-order valence-electron chi connectivity index (χ4n) is 4.23. The van der Waals surface area contributed by atoms with Crippen LogP contribution in [0.15, 0.2) is 60.7 Å². The third-order valence-corrected chi connectivity index (χ3v) is 6.41. The molecular formula is C27H30N2O5S. The summed E-state index contributed by atoms with van der Waals surface area (Å²) in [6, 6.07) is 19.2. The fraction of sp³-hybridized carbons (Fsp3) is 0.296. The highest BCUT2D eigenvalue weighted by Gasteiger charge is 2.31. The van der Waals surface area contributed by atoms with Gasteiger partial charge < -0.3 is 33.9 Å². The molecule has 0 saturated heterocycles. The highest BCUT2D eigenvalue weighted by Crippen LogP contribution is 2.39. The van der Waals surface area contributed by atoms with Gasteiger partial charge in [-0.25, -0.2) is 0 Å². The van der Waals surface area contributed by atoms with Crippen molar-refractivity contribution >= 4 is 23.0 Å². The number of para-hydroxylation sites is 2. The number of rotatable bonds is 8. The standard InChI is InChI=1S/C27H30N2O5S/c1-30-20-11-9-19(10-12-20)28-27(35)29-14-13-18-15-25(32-3)26(33-4)16-21(18)22(29)17-34-24-8-6-5-7-23(24)31-2/h5-12,15-16,22H,13-14,17H2,1-4H3,(H,28,35). The van der Waals surface area contributed by atoms with Crippen molar-refractivity contribution in [2.24, 2.45) is 0 Å². The Bertz CT molecular complexity index is 1170. The molecule has 0 amide bonds. The Hall–Kier alpha value is -3.65. The Kier molecular flexibility index (Phi) is 7.82. The van der Waals surface area contributed by atoms with E-state index in [0.717, 1.165) is 30.0 Å². The topological polar surface area (TPSA) is 61.4 Å². The molecule has 3 aromatic rings. The van der Waals surface area contributed by atoms with Crippen LogP contribution >= 0.6 is 12.2 Å². The van der Waals surface area contributed by atoms with E-state index >= 15 is 0 Å². The maximum atomic E-state index is 6.27. The van der Waals surface area contributed by atoms with E-state index in [9.17, 15) is 0 Å². The third-order valence-electron chi connectivity index (χ3n) is 6.07. The van der Waals surface area contributed by atoms with Crippen molar-refractivity contribution in [1.29, 1.82) is 0 Å². The number of ether oxygens (including phenoxy) is 5. The molecule has 0 fully saturated rings. The van der Waals surface area contributed by atoms with Crippen LogP contribution in [0.25, 0.3) is 0 Å². The van der Waals surface area contributed by atoms with Crippen LogP contribution < -0.4 is 29.0 Å². The Morgan fingerprint density at radius 2 is 1.51 bits per heavy atom. The molecule has 1 aliphatic rings. The molecule has 35 heavy (non-hydrogen) atoms. The highest BCUT2D eigenvalue weighted by atomic mass is 32.1. The maximum Gasteiger partial charge on any atom is 0.174 e. The Labute approximate surface area is 211 Å². The molecule has 0 aromatic heterocycles. The van der Waals surface area contributed by atoms with Crippen molar-refractivity contribution in [2.75, 3.05) is 46.9 Å². The first-order valence-corrected chi connectivity index (χ1v) is 11.7. The first-order valence-electron chi connectivity index (χ1n) is 11.3. The van der Waals surface area contributed by atoms with Crippen molar-refractivity contribution in [3.63, 3.8) is 0 Å². The van der Waals surface area contributed by atoms with Gasteiger partial charge >= 0.3 is 0 Å². The molecule has 4 rings (SSSR count). The largest absolute Gasteiger partial charge is 0.497 e. The predicted octanol–water partition coefficient (Wildman–Crippen LogP) is 5.10.